The lowest BCUT2D eigenvalue weighted by molar-refractivity contribution is 0.401. The van der Waals surface area contributed by atoms with Crippen molar-refractivity contribution in [1.82, 2.24) is 5.32 Å². The molecule has 1 aromatic carbocycles. The van der Waals surface area contributed by atoms with Crippen LogP contribution in [0.4, 0.5) is 8.78 Å². The molecule has 1 unspecified atom stereocenters. The van der Waals surface area contributed by atoms with Gasteiger partial charge in [-0.25, -0.2) is 8.78 Å². The van der Waals surface area contributed by atoms with Crippen molar-refractivity contribution in [1.29, 1.82) is 0 Å². The number of rotatable bonds is 7. The van der Waals surface area contributed by atoms with Gasteiger partial charge in [0.1, 0.15) is 11.6 Å². The van der Waals surface area contributed by atoms with E-state index in [4.69, 9.17) is 0 Å². The number of nitrogens with one attached hydrogen (secondary N) is 1. The molecule has 0 heterocycles. The van der Waals surface area contributed by atoms with Gasteiger partial charge in [0.25, 0.3) is 0 Å². The quantitative estimate of drug-likeness (QED) is 0.778. The van der Waals surface area contributed by atoms with E-state index < -0.39 is 11.6 Å². The SMILES string of the molecule is CCNC(CCc1c(F)cccc1F)CC(C)C. The zero-order valence-corrected chi connectivity index (χ0v) is 11.5. The lowest BCUT2D eigenvalue weighted by Crippen LogP contribution is -2.30. The minimum absolute atomic E-state index is 0.212. The van der Waals surface area contributed by atoms with Crippen molar-refractivity contribution in [3.63, 3.8) is 0 Å². The fourth-order valence-corrected chi connectivity index (χ4v) is 2.25. The van der Waals surface area contributed by atoms with Crippen LogP contribution in [0.25, 0.3) is 0 Å². The van der Waals surface area contributed by atoms with Crippen LogP contribution in [-0.4, -0.2) is 12.6 Å². The third kappa shape index (κ3) is 4.73. The van der Waals surface area contributed by atoms with Gasteiger partial charge in [0, 0.05) is 11.6 Å². The molecule has 1 rings (SSSR count). The van der Waals surface area contributed by atoms with E-state index in [2.05, 4.69) is 26.1 Å². The maximum atomic E-state index is 13.5. The molecule has 0 radical (unpaired) electrons. The summed E-state index contributed by atoms with van der Waals surface area (Å²) in [4.78, 5) is 0. The fourth-order valence-electron chi connectivity index (χ4n) is 2.25. The lowest BCUT2D eigenvalue weighted by atomic mass is 9.97. The van der Waals surface area contributed by atoms with Crippen molar-refractivity contribution < 1.29 is 8.78 Å². The van der Waals surface area contributed by atoms with E-state index in [1.54, 1.807) is 0 Å². The zero-order valence-electron chi connectivity index (χ0n) is 11.5. The van der Waals surface area contributed by atoms with Crippen molar-refractivity contribution in [2.45, 2.75) is 46.1 Å². The van der Waals surface area contributed by atoms with Crippen molar-refractivity contribution in [3.8, 4) is 0 Å². The minimum Gasteiger partial charge on any atom is -0.314 e. The van der Waals surface area contributed by atoms with Gasteiger partial charge in [-0.3, -0.25) is 0 Å². The molecule has 18 heavy (non-hydrogen) atoms. The summed E-state index contributed by atoms with van der Waals surface area (Å²) in [5.74, 6) is -0.288. The summed E-state index contributed by atoms with van der Waals surface area (Å²) in [6, 6.07) is 4.38. The summed E-state index contributed by atoms with van der Waals surface area (Å²) >= 11 is 0. The first-order valence-electron chi connectivity index (χ1n) is 6.70. The van der Waals surface area contributed by atoms with E-state index in [9.17, 15) is 8.78 Å². The Morgan fingerprint density at radius 1 is 1.17 bits per heavy atom. The topological polar surface area (TPSA) is 12.0 Å². The molecule has 0 fully saturated rings. The predicted octanol–water partition coefficient (Wildman–Crippen LogP) is 3.92. The van der Waals surface area contributed by atoms with E-state index in [0.717, 1.165) is 19.4 Å². The average molecular weight is 255 g/mol. The monoisotopic (exact) mass is 255 g/mol. The van der Waals surface area contributed by atoms with Crippen LogP contribution >= 0.6 is 0 Å². The molecule has 0 saturated heterocycles. The smallest absolute Gasteiger partial charge is 0.129 e. The third-order valence-electron chi connectivity index (χ3n) is 3.05. The Morgan fingerprint density at radius 3 is 2.28 bits per heavy atom. The maximum Gasteiger partial charge on any atom is 0.129 e. The summed E-state index contributed by atoms with van der Waals surface area (Å²) in [6.45, 7) is 7.26. The minimum atomic E-state index is -0.435. The molecule has 0 aromatic heterocycles. The van der Waals surface area contributed by atoms with Crippen molar-refractivity contribution >= 4 is 0 Å². The second-order valence-corrected chi connectivity index (χ2v) is 5.12. The molecule has 1 aromatic rings. The van der Waals surface area contributed by atoms with Gasteiger partial charge in [0.05, 0.1) is 0 Å². The van der Waals surface area contributed by atoms with Gasteiger partial charge in [-0.15, -0.1) is 0 Å². The van der Waals surface area contributed by atoms with Gasteiger partial charge < -0.3 is 5.32 Å². The second-order valence-electron chi connectivity index (χ2n) is 5.12. The fraction of sp³-hybridized carbons (Fsp3) is 0.600. The van der Waals surface area contributed by atoms with Crippen molar-refractivity contribution in [3.05, 3.63) is 35.4 Å². The number of hydrogen-bond acceptors (Lipinski definition) is 1. The van der Waals surface area contributed by atoms with Crippen molar-refractivity contribution in [2.24, 2.45) is 5.92 Å². The normalized spacial score (nSPS) is 13.0. The number of halogens is 2. The van der Waals surface area contributed by atoms with Crippen LogP contribution in [0.15, 0.2) is 18.2 Å². The molecular weight excluding hydrogens is 232 g/mol. The first kappa shape index (κ1) is 15.1. The number of hydrogen-bond donors (Lipinski definition) is 1. The molecule has 0 aliphatic heterocycles. The Morgan fingerprint density at radius 2 is 1.78 bits per heavy atom. The standard InChI is InChI=1S/C15H23F2N/c1-4-18-12(10-11(2)3)8-9-13-14(16)6-5-7-15(13)17/h5-7,11-12,18H,4,8-10H2,1-3H3. The van der Waals surface area contributed by atoms with Crippen LogP contribution in [0.3, 0.4) is 0 Å². The molecule has 1 nitrogen and oxygen atoms in total. The second kappa shape index (κ2) is 7.47. The van der Waals surface area contributed by atoms with Crippen LogP contribution in [0, 0.1) is 17.6 Å². The summed E-state index contributed by atoms with van der Waals surface area (Å²) in [5, 5.41) is 3.38. The van der Waals surface area contributed by atoms with Crippen LogP contribution in [0.2, 0.25) is 0 Å². The molecule has 102 valence electrons. The van der Waals surface area contributed by atoms with E-state index in [-0.39, 0.29) is 5.56 Å². The van der Waals surface area contributed by atoms with E-state index in [1.165, 1.54) is 18.2 Å². The van der Waals surface area contributed by atoms with Crippen LogP contribution in [-0.2, 0) is 6.42 Å². The molecule has 1 atom stereocenters. The molecule has 3 heteroatoms. The predicted molar refractivity (Wildman–Crippen MR) is 71.6 cm³/mol. The van der Waals surface area contributed by atoms with Gasteiger partial charge in [0.2, 0.25) is 0 Å². The summed E-state index contributed by atoms with van der Waals surface area (Å²) in [6.07, 6.45) is 2.25. The highest BCUT2D eigenvalue weighted by atomic mass is 19.1. The number of benzene rings is 1. The Bertz CT molecular complexity index is 343. The van der Waals surface area contributed by atoms with Gasteiger partial charge in [-0.05, 0) is 43.9 Å². The molecule has 0 bridgehead atoms. The highest BCUT2D eigenvalue weighted by molar-refractivity contribution is 5.19. The molecule has 0 aliphatic rings. The van der Waals surface area contributed by atoms with Gasteiger partial charge in [-0.2, -0.15) is 0 Å². The summed E-state index contributed by atoms with van der Waals surface area (Å²) in [5.41, 5.74) is 0.212. The first-order chi connectivity index (χ1) is 8.54. The average Bonchev–Trinajstić information content (AvgIpc) is 2.27. The van der Waals surface area contributed by atoms with Gasteiger partial charge >= 0.3 is 0 Å². The van der Waals surface area contributed by atoms with Gasteiger partial charge in [0.15, 0.2) is 0 Å². The molecule has 0 aliphatic carbocycles. The highest BCUT2D eigenvalue weighted by Crippen LogP contribution is 2.17. The van der Waals surface area contributed by atoms with Crippen LogP contribution in [0.5, 0.6) is 0 Å². The Hall–Kier alpha value is -0.960. The lowest BCUT2D eigenvalue weighted by Gasteiger charge is -2.20. The maximum absolute atomic E-state index is 13.5. The van der Waals surface area contributed by atoms with Gasteiger partial charge in [-0.1, -0.05) is 26.8 Å². The molecule has 0 spiro atoms. The summed E-state index contributed by atoms with van der Waals surface area (Å²) in [7, 11) is 0. The van der Waals surface area contributed by atoms with Crippen LogP contribution in [0.1, 0.15) is 39.2 Å². The highest BCUT2D eigenvalue weighted by Gasteiger charge is 2.13. The Balaban J connectivity index is 2.60. The van der Waals surface area contributed by atoms with Crippen LogP contribution < -0.4 is 5.32 Å². The molecule has 0 amide bonds. The zero-order chi connectivity index (χ0) is 13.5. The third-order valence-corrected chi connectivity index (χ3v) is 3.05. The molecular formula is C15H23F2N. The van der Waals surface area contributed by atoms with Crippen molar-refractivity contribution in [2.75, 3.05) is 6.54 Å². The van der Waals surface area contributed by atoms with E-state index in [1.807, 2.05) is 0 Å². The van der Waals surface area contributed by atoms with E-state index >= 15 is 0 Å². The van der Waals surface area contributed by atoms with E-state index in [0.29, 0.717) is 18.4 Å². The molecule has 0 saturated carbocycles. The Labute approximate surface area is 109 Å². The first-order valence-corrected chi connectivity index (χ1v) is 6.70. The summed E-state index contributed by atoms with van der Waals surface area (Å²) < 4.78 is 27.0. The molecule has 1 N–H and O–H groups in total. The largest absolute Gasteiger partial charge is 0.314 e. The Kier molecular flexibility index (Phi) is 6.27.